The largest absolute Gasteiger partial charge is 0.507 e. The predicted octanol–water partition coefficient (Wildman–Crippen LogP) is 4.02. The van der Waals surface area contributed by atoms with E-state index in [1.54, 1.807) is 11.0 Å². The van der Waals surface area contributed by atoms with Crippen molar-refractivity contribution in [2.45, 2.75) is 13.8 Å². The number of rotatable bonds is 3. The van der Waals surface area contributed by atoms with Crippen LogP contribution in [0.2, 0.25) is 5.02 Å². The molecule has 0 aromatic heterocycles. The summed E-state index contributed by atoms with van der Waals surface area (Å²) in [6.07, 6.45) is 0. The average Bonchev–Trinajstić information content (AvgIpc) is 2.44. The molecule has 0 aliphatic heterocycles. The maximum Gasteiger partial charge on any atom is 0.262 e. The van der Waals surface area contributed by atoms with Crippen LogP contribution in [0.4, 0.5) is 5.69 Å². The third kappa shape index (κ3) is 2.78. The van der Waals surface area contributed by atoms with Crippen LogP contribution in [0.15, 0.2) is 42.5 Å². The molecule has 3 nitrogen and oxygen atoms in total. The highest BCUT2D eigenvalue weighted by Gasteiger charge is 2.20. The maximum atomic E-state index is 12.6. The molecule has 0 saturated carbocycles. The summed E-state index contributed by atoms with van der Waals surface area (Å²) in [4.78, 5) is 14.2. The highest BCUT2D eigenvalue weighted by atomic mass is 35.5. The van der Waals surface area contributed by atoms with Crippen molar-refractivity contribution in [3.63, 3.8) is 0 Å². The molecule has 2 aromatic rings. The van der Waals surface area contributed by atoms with E-state index in [1.165, 1.54) is 12.1 Å². The third-order valence-electron chi connectivity index (χ3n) is 3.16. The topological polar surface area (TPSA) is 40.5 Å². The Morgan fingerprint density at radius 1 is 1.25 bits per heavy atom. The van der Waals surface area contributed by atoms with Crippen molar-refractivity contribution in [2.24, 2.45) is 0 Å². The van der Waals surface area contributed by atoms with Gasteiger partial charge < -0.3 is 10.0 Å². The van der Waals surface area contributed by atoms with Crippen LogP contribution in [-0.2, 0) is 0 Å². The van der Waals surface area contributed by atoms with Gasteiger partial charge in [0.2, 0.25) is 0 Å². The van der Waals surface area contributed by atoms with E-state index in [4.69, 9.17) is 11.6 Å². The molecule has 1 amide bonds. The van der Waals surface area contributed by atoms with Gasteiger partial charge in [0, 0.05) is 17.3 Å². The fourth-order valence-corrected chi connectivity index (χ4v) is 2.29. The van der Waals surface area contributed by atoms with Gasteiger partial charge in [0.25, 0.3) is 5.91 Å². The molecule has 0 fully saturated rings. The number of phenols is 1. The number of benzene rings is 2. The van der Waals surface area contributed by atoms with Crippen LogP contribution in [0.3, 0.4) is 0 Å². The van der Waals surface area contributed by atoms with Crippen LogP contribution in [0.5, 0.6) is 5.75 Å². The Morgan fingerprint density at radius 3 is 2.60 bits per heavy atom. The van der Waals surface area contributed by atoms with Gasteiger partial charge in [0.1, 0.15) is 5.75 Å². The number of anilines is 1. The first-order chi connectivity index (χ1) is 9.54. The third-order valence-corrected chi connectivity index (χ3v) is 3.39. The molecule has 104 valence electrons. The van der Waals surface area contributed by atoms with E-state index >= 15 is 0 Å². The van der Waals surface area contributed by atoms with E-state index in [0.717, 1.165) is 11.3 Å². The Labute approximate surface area is 123 Å². The summed E-state index contributed by atoms with van der Waals surface area (Å²) in [6, 6.07) is 12.1. The molecule has 0 spiro atoms. The molecule has 2 rings (SSSR count). The molecule has 2 aromatic carbocycles. The summed E-state index contributed by atoms with van der Waals surface area (Å²) in [5.41, 5.74) is 2.05. The van der Waals surface area contributed by atoms with Gasteiger partial charge in [-0.2, -0.15) is 0 Å². The van der Waals surface area contributed by atoms with Crippen molar-refractivity contribution in [3.8, 4) is 5.75 Å². The smallest absolute Gasteiger partial charge is 0.262 e. The molecule has 1 N–H and O–H groups in total. The highest BCUT2D eigenvalue weighted by Crippen LogP contribution is 2.26. The van der Waals surface area contributed by atoms with E-state index in [2.05, 4.69) is 0 Å². The first-order valence-electron chi connectivity index (χ1n) is 6.40. The Hall–Kier alpha value is -2.00. The number of aryl methyl sites for hydroxylation is 1. The normalized spacial score (nSPS) is 10.3. The predicted molar refractivity (Wildman–Crippen MR) is 81.6 cm³/mol. The second kappa shape index (κ2) is 5.97. The number of halogens is 1. The lowest BCUT2D eigenvalue weighted by molar-refractivity contribution is 0.0985. The number of amides is 1. The molecule has 0 heterocycles. The molecule has 0 aliphatic carbocycles. The van der Waals surface area contributed by atoms with Gasteiger partial charge in [-0.1, -0.05) is 29.8 Å². The van der Waals surface area contributed by atoms with Crippen LogP contribution in [-0.4, -0.2) is 17.6 Å². The Kier molecular flexibility index (Phi) is 4.30. The summed E-state index contributed by atoms with van der Waals surface area (Å²) in [6.45, 7) is 4.35. The molecule has 20 heavy (non-hydrogen) atoms. The van der Waals surface area contributed by atoms with Gasteiger partial charge in [-0.05, 0) is 43.7 Å². The highest BCUT2D eigenvalue weighted by molar-refractivity contribution is 6.31. The van der Waals surface area contributed by atoms with E-state index in [1.807, 2.05) is 38.1 Å². The monoisotopic (exact) mass is 289 g/mol. The zero-order chi connectivity index (χ0) is 14.7. The van der Waals surface area contributed by atoms with Crippen molar-refractivity contribution in [2.75, 3.05) is 11.4 Å². The van der Waals surface area contributed by atoms with Crippen LogP contribution < -0.4 is 4.90 Å². The van der Waals surface area contributed by atoms with Gasteiger partial charge in [-0.25, -0.2) is 0 Å². The van der Waals surface area contributed by atoms with Crippen molar-refractivity contribution in [1.82, 2.24) is 0 Å². The summed E-state index contributed by atoms with van der Waals surface area (Å²) in [7, 11) is 0. The number of hydrogen-bond acceptors (Lipinski definition) is 2. The molecule has 0 aliphatic rings. The number of carbonyl (C=O) groups excluding carboxylic acids is 1. The number of carbonyl (C=O) groups is 1. The number of hydrogen-bond donors (Lipinski definition) is 1. The molecule has 4 heteroatoms. The minimum absolute atomic E-state index is 0.0635. The molecular weight excluding hydrogens is 274 g/mol. The summed E-state index contributed by atoms with van der Waals surface area (Å²) >= 11 is 5.90. The molecule has 0 atom stereocenters. The minimum Gasteiger partial charge on any atom is -0.507 e. The number of nitrogens with zero attached hydrogens (tertiary/aromatic N) is 1. The van der Waals surface area contributed by atoms with Crippen molar-refractivity contribution in [3.05, 3.63) is 58.6 Å². The summed E-state index contributed by atoms with van der Waals surface area (Å²) in [5.74, 6) is -0.326. The molecular formula is C16H16ClNO2. The lowest BCUT2D eigenvalue weighted by Gasteiger charge is -2.23. The van der Waals surface area contributed by atoms with Crippen molar-refractivity contribution < 1.29 is 9.90 Å². The zero-order valence-corrected chi connectivity index (χ0v) is 12.2. The Balaban J connectivity index is 2.45. The average molecular weight is 290 g/mol. The first kappa shape index (κ1) is 14.4. The zero-order valence-electron chi connectivity index (χ0n) is 11.4. The summed E-state index contributed by atoms with van der Waals surface area (Å²) in [5, 5.41) is 10.3. The van der Waals surface area contributed by atoms with Crippen LogP contribution >= 0.6 is 11.6 Å². The van der Waals surface area contributed by atoms with Gasteiger partial charge >= 0.3 is 0 Å². The lowest BCUT2D eigenvalue weighted by Crippen LogP contribution is -2.31. The fraction of sp³-hybridized carbons (Fsp3) is 0.188. The number of para-hydroxylation sites is 1. The standard InChI is InChI=1S/C16H16ClNO2/c1-3-18(14-7-5-4-6-11(14)2)16(20)13-10-12(17)8-9-15(13)19/h4-10,19H,3H2,1-2H3. The van der Waals surface area contributed by atoms with Crippen LogP contribution in [0, 0.1) is 6.92 Å². The van der Waals surface area contributed by atoms with Crippen LogP contribution in [0.1, 0.15) is 22.8 Å². The van der Waals surface area contributed by atoms with Crippen molar-refractivity contribution in [1.29, 1.82) is 0 Å². The molecule has 0 saturated heterocycles. The van der Waals surface area contributed by atoms with Crippen molar-refractivity contribution >= 4 is 23.2 Å². The maximum absolute atomic E-state index is 12.6. The lowest BCUT2D eigenvalue weighted by atomic mass is 10.1. The van der Waals surface area contributed by atoms with Gasteiger partial charge in [-0.15, -0.1) is 0 Å². The molecule has 0 unspecified atom stereocenters. The second-order valence-electron chi connectivity index (χ2n) is 4.50. The van der Waals surface area contributed by atoms with E-state index < -0.39 is 0 Å². The Bertz CT molecular complexity index is 640. The first-order valence-corrected chi connectivity index (χ1v) is 6.78. The van der Waals surface area contributed by atoms with E-state index in [0.29, 0.717) is 11.6 Å². The van der Waals surface area contributed by atoms with E-state index in [-0.39, 0.29) is 17.2 Å². The quantitative estimate of drug-likeness (QED) is 0.927. The van der Waals surface area contributed by atoms with Gasteiger partial charge in [0.15, 0.2) is 0 Å². The van der Waals surface area contributed by atoms with Crippen LogP contribution in [0.25, 0.3) is 0 Å². The minimum atomic E-state index is -0.262. The van der Waals surface area contributed by atoms with Gasteiger partial charge in [0.05, 0.1) is 5.56 Å². The number of aromatic hydroxyl groups is 1. The molecule has 0 radical (unpaired) electrons. The van der Waals surface area contributed by atoms with Gasteiger partial charge in [-0.3, -0.25) is 4.79 Å². The Morgan fingerprint density at radius 2 is 1.95 bits per heavy atom. The second-order valence-corrected chi connectivity index (χ2v) is 4.93. The number of phenolic OH excluding ortho intramolecular Hbond substituents is 1. The fourth-order valence-electron chi connectivity index (χ4n) is 2.11. The molecule has 0 bridgehead atoms. The SMILES string of the molecule is CCN(C(=O)c1cc(Cl)ccc1O)c1ccccc1C. The summed E-state index contributed by atoms with van der Waals surface area (Å²) < 4.78 is 0. The van der Waals surface area contributed by atoms with E-state index in [9.17, 15) is 9.90 Å².